The number of nitrogens with zero attached hydrogens (tertiary/aromatic N) is 1. The van der Waals surface area contributed by atoms with Gasteiger partial charge in [0.2, 0.25) is 5.88 Å². The zero-order chi connectivity index (χ0) is 13.0. The minimum Gasteiger partial charge on any atom is -0.473 e. The van der Waals surface area contributed by atoms with Crippen LogP contribution in [0.4, 0.5) is 0 Å². The van der Waals surface area contributed by atoms with Crippen molar-refractivity contribution in [3.63, 3.8) is 0 Å². The molecule has 1 heterocycles. The van der Waals surface area contributed by atoms with Gasteiger partial charge < -0.3 is 9.84 Å². The van der Waals surface area contributed by atoms with Gasteiger partial charge in [0.1, 0.15) is 12.2 Å². The first-order valence-corrected chi connectivity index (χ1v) is 5.92. The van der Waals surface area contributed by atoms with E-state index in [-0.39, 0.29) is 0 Å². The molecule has 0 amide bonds. The minimum atomic E-state index is -0.952. The summed E-state index contributed by atoms with van der Waals surface area (Å²) in [5, 5.41) is 9.88. The molecule has 0 fully saturated rings. The molecular weight excluding hydrogens is 226 g/mol. The predicted octanol–water partition coefficient (Wildman–Crippen LogP) is 2.89. The molecule has 0 aliphatic carbocycles. The summed E-state index contributed by atoms with van der Waals surface area (Å²) >= 11 is 0. The normalized spacial score (nSPS) is 11.3. The summed E-state index contributed by atoms with van der Waals surface area (Å²) in [5.41, 5.74) is 0.743. The second-order valence-electron chi connectivity index (χ2n) is 4.69. The second kappa shape index (κ2) is 5.19. The molecule has 0 atom stereocenters. The zero-order valence-electron chi connectivity index (χ0n) is 10.6. The lowest BCUT2D eigenvalue weighted by atomic mass is 10.1. The van der Waals surface area contributed by atoms with E-state index < -0.39 is 5.60 Å². The SMILES string of the molecule is CC(C)(O)c1cccc(OCc2ccccc2)n1. The highest BCUT2D eigenvalue weighted by molar-refractivity contribution is 5.20. The van der Waals surface area contributed by atoms with E-state index in [1.54, 1.807) is 26.0 Å². The highest BCUT2D eigenvalue weighted by atomic mass is 16.5. The van der Waals surface area contributed by atoms with Crippen molar-refractivity contribution in [3.05, 3.63) is 59.8 Å². The largest absolute Gasteiger partial charge is 0.473 e. The highest BCUT2D eigenvalue weighted by Gasteiger charge is 2.17. The standard InChI is InChI=1S/C15H17NO2/c1-15(2,17)13-9-6-10-14(16-13)18-11-12-7-4-3-5-8-12/h3-10,17H,11H2,1-2H3. The third-order valence-electron chi connectivity index (χ3n) is 2.58. The molecule has 1 aromatic carbocycles. The van der Waals surface area contributed by atoms with Gasteiger partial charge in [0, 0.05) is 6.07 Å². The summed E-state index contributed by atoms with van der Waals surface area (Å²) in [6, 6.07) is 15.3. The molecule has 3 nitrogen and oxygen atoms in total. The summed E-state index contributed by atoms with van der Waals surface area (Å²) in [7, 11) is 0. The maximum atomic E-state index is 9.88. The molecular formula is C15H17NO2. The van der Waals surface area contributed by atoms with E-state index in [1.165, 1.54) is 0 Å². The fourth-order valence-electron chi connectivity index (χ4n) is 1.57. The van der Waals surface area contributed by atoms with E-state index >= 15 is 0 Å². The van der Waals surface area contributed by atoms with Crippen LogP contribution in [-0.4, -0.2) is 10.1 Å². The summed E-state index contributed by atoms with van der Waals surface area (Å²) in [6.45, 7) is 3.88. The van der Waals surface area contributed by atoms with Crippen molar-refractivity contribution in [3.8, 4) is 5.88 Å². The van der Waals surface area contributed by atoms with Crippen molar-refractivity contribution in [2.45, 2.75) is 26.1 Å². The van der Waals surface area contributed by atoms with Gasteiger partial charge in [-0.25, -0.2) is 4.98 Å². The van der Waals surface area contributed by atoms with E-state index in [1.807, 2.05) is 36.4 Å². The Kier molecular flexibility index (Phi) is 3.63. The van der Waals surface area contributed by atoms with Gasteiger partial charge in [-0.3, -0.25) is 0 Å². The second-order valence-corrected chi connectivity index (χ2v) is 4.69. The average Bonchev–Trinajstić information content (AvgIpc) is 2.37. The zero-order valence-corrected chi connectivity index (χ0v) is 10.6. The Morgan fingerprint density at radius 1 is 1.06 bits per heavy atom. The number of pyridine rings is 1. The number of rotatable bonds is 4. The molecule has 3 heteroatoms. The van der Waals surface area contributed by atoms with E-state index in [4.69, 9.17) is 4.74 Å². The maximum absolute atomic E-state index is 9.88. The van der Waals surface area contributed by atoms with Gasteiger partial charge in [0.05, 0.1) is 5.69 Å². The van der Waals surface area contributed by atoms with Crippen LogP contribution in [0.2, 0.25) is 0 Å². The van der Waals surface area contributed by atoms with Crippen LogP contribution in [0.25, 0.3) is 0 Å². The molecule has 0 unspecified atom stereocenters. The number of hydrogen-bond acceptors (Lipinski definition) is 3. The summed E-state index contributed by atoms with van der Waals surface area (Å²) in [4.78, 5) is 4.29. The Bertz CT molecular complexity index is 503. The van der Waals surface area contributed by atoms with Gasteiger partial charge in [-0.2, -0.15) is 0 Å². The predicted molar refractivity (Wildman–Crippen MR) is 70.3 cm³/mol. The van der Waals surface area contributed by atoms with Crippen LogP contribution in [0.1, 0.15) is 25.1 Å². The van der Waals surface area contributed by atoms with E-state index in [0.717, 1.165) is 5.56 Å². The number of benzene rings is 1. The van der Waals surface area contributed by atoms with Crippen LogP contribution in [0.5, 0.6) is 5.88 Å². The Labute approximate surface area is 107 Å². The lowest BCUT2D eigenvalue weighted by Crippen LogP contribution is -2.17. The molecule has 0 aliphatic rings. The molecule has 18 heavy (non-hydrogen) atoms. The van der Waals surface area contributed by atoms with Gasteiger partial charge in [0.15, 0.2) is 0 Å². The van der Waals surface area contributed by atoms with Crippen LogP contribution < -0.4 is 4.74 Å². The van der Waals surface area contributed by atoms with E-state index in [0.29, 0.717) is 18.2 Å². The molecule has 2 aromatic rings. The first kappa shape index (κ1) is 12.6. The van der Waals surface area contributed by atoms with Crippen LogP contribution >= 0.6 is 0 Å². The molecule has 0 saturated carbocycles. The number of ether oxygens (including phenoxy) is 1. The lowest BCUT2D eigenvalue weighted by molar-refractivity contribution is 0.0728. The maximum Gasteiger partial charge on any atom is 0.213 e. The third-order valence-corrected chi connectivity index (χ3v) is 2.58. The molecule has 0 bridgehead atoms. The summed E-state index contributed by atoms with van der Waals surface area (Å²) < 4.78 is 5.61. The molecule has 0 aliphatic heterocycles. The monoisotopic (exact) mass is 243 g/mol. The van der Waals surface area contributed by atoms with Gasteiger partial charge in [-0.05, 0) is 25.5 Å². The minimum absolute atomic E-state index is 0.475. The fraction of sp³-hybridized carbons (Fsp3) is 0.267. The molecule has 1 N–H and O–H groups in total. The Morgan fingerprint density at radius 3 is 2.44 bits per heavy atom. The Morgan fingerprint density at radius 2 is 1.78 bits per heavy atom. The molecule has 2 rings (SSSR count). The summed E-state index contributed by atoms with van der Waals surface area (Å²) in [6.07, 6.45) is 0. The number of aliphatic hydroxyl groups is 1. The summed E-state index contributed by atoms with van der Waals surface area (Å²) in [5.74, 6) is 0.526. The van der Waals surface area contributed by atoms with Crippen LogP contribution in [0, 0.1) is 0 Å². The van der Waals surface area contributed by atoms with Gasteiger partial charge in [0.25, 0.3) is 0 Å². The first-order valence-electron chi connectivity index (χ1n) is 5.92. The smallest absolute Gasteiger partial charge is 0.213 e. The van der Waals surface area contributed by atoms with Gasteiger partial charge in [-0.15, -0.1) is 0 Å². The fourth-order valence-corrected chi connectivity index (χ4v) is 1.57. The van der Waals surface area contributed by atoms with Crippen molar-refractivity contribution in [2.24, 2.45) is 0 Å². The topological polar surface area (TPSA) is 42.4 Å². The highest BCUT2D eigenvalue weighted by Crippen LogP contribution is 2.20. The van der Waals surface area contributed by atoms with Crippen molar-refractivity contribution < 1.29 is 9.84 Å². The Hall–Kier alpha value is -1.87. The van der Waals surface area contributed by atoms with Crippen molar-refractivity contribution in [1.82, 2.24) is 4.98 Å². The molecule has 1 aromatic heterocycles. The number of aromatic nitrogens is 1. The number of hydrogen-bond donors (Lipinski definition) is 1. The average molecular weight is 243 g/mol. The lowest BCUT2D eigenvalue weighted by Gasteiger charge is -2.17. The van der Waals surface area contributed by atoms with Crippen LogP contribution in [-0.2, 0) is 12.2 Å². The molecule has 94 valence electrons. The first-order chi connectivity index (χ1) is 8.55. The van der Waals surface area contributed by atoms with Crippen molar-refractivity contribution in [2.75, 3.05) is 0 Å². The van der Waals surface area contributed by atoms with Gasteiger partial charge in [-0.1, -0.05) is 36.4 Å². The third kappa shape index (κ3) is 3.31. The van der Waals surface area contributed by atoms with Crippen molar-refractivity contribution >= 4 is 0 Å². The molecule has 0 spiro atoms. The van der Waals surface area contributed by atoms with Crippen molar-refractivity contribution in [1.29, 1.82) is 0 Å². The molecule has 0 radical (unpaired) electrons. The van der Waals surface area contributed by atoms with Crippen LogP contribution in [0.15, 0.2) is 48.5 Å². The Balaban J connectivity index is 2.06. The van der Waals surface area contributed by atoms with Crippen LogP contribution in [0.3, 0.4) is 0 Å². The quantitative estimate of drug-likeness (QED) is 0.897. The van der Waals surface area contributed by atoms with E-state index in [9.17, 15) is 5.11 Å². The van der Waals surface area contributed by atoms with Gasteiger partial charge >= 0.3 is 0 Å². The molecule has 0 saturated heterocycles. The van der Waals surface area contributed by atoms with E-state index in [2.05, 4.69) is 4.98 Å².